The molecule has 1 aliphatic heterocycles. The molecule has 1 atom stereocenters. The number of nitrogens with zero attached hydrogens (tertiary/aromatic N) is 1. The number of amides is 1. The SMILES string of the molecule is CC(C)(C)OC(=O)N1CC([C@@H](N)C2CCCC2)C1. The van der Waals surface area contributed by atoms with Crippen molar-refractivity contribution in [3.05, 3.63) is 0 Å². The topological polar surface area (TPSA) is 55.6 Å². The Kier molecular flexibility index (Phi) is 3.85. The smallest absolute Gasteiger partial charge is 0.410 e. The van der Waals surface area contributed by atoms with Gasteiger partial charge >= 0.3 is 6.09 Å². The van der Waals surface area contributed by atoms with E-state index in [2.05, 4.69) is 0 Å². The normalized spacial score (nSPS) is 23.9. The lowest BCUT2D eigenvalue weighted by atomic mass is 9.83. The lowest BCUT2D eigenvalue weighted by Gasteiger charge is -2.44. The highest BCUT2D eigenvalue weighted by molar-refractivity contribution is 5.69. The number of ether oxygens (including phenoxy) is 1. The average molecular weight is 254 g/mol. The van der Waals surface area contributed by atoms with E-state index in [0.29, 0.717) is 11.8 Å². The van der Waals surface area contributed by atoms with Crippen LogP contribution in [0.25, 0.3) is 0 Å². The van der Waals surface area contributed by atoms with Crippen molar-refractivity contribution in [3.8, 4) is 0 Å². The van der Waals surface area contributed by atoms with Crippen molar-refractivity contribution >= 4 is 6.09 Å². The summed E-state index contributed by atoms with van der Waals surface area (Å²) in [7, 11) is 0. The van der Waals surface area contributed by atoms with Gasteiger partial charge in [-0.3, -0.25) is 0 Å². The molecule has 1 heterocycles. The summed E-state index contributed by atoms with van der Waals surface area (Å²) in [4.78, 5) is 13.6. The van der Waals surface area contributed by atoms with Crippen LogP contribution in [-0.2, 0) is 4.74 Å². The molecule has 4 nitrogen and oxygen atoms in total. The zero-order valence-electron chi connectivity index (χ0n) is 11.8. The molecule has 2 rings (SSSR count). The molecule has 0 bridgehead atoms. The molecular formula is C14H26N2O2. The lowest BCUT2D eigenvalue weighted by molar-refractivity contribution is -0.00782. The predicted molar refractivity (Wildman–Crippen MR) is 71.2 cm³/mol. The molecule has 1 saturated carbocycles. The molecule has 0 spiro atoms. The molecule has 0 aromatic heterocycles. The maximum Gasteiger partial charge on any atom is 0.410 e. The van der Waals surface area contributed by atoms with Gasteiger partial charge in [0.1, 0.15) is 5.60 Å². The third-order valence-corrected chi connectivity index (χ3v) is 4.05. The zero-order chi connectivity index (χ0) is 13.3. The van der Waals surface area contributed by atoms with Gasteiger partial charge in [0.2, 0.25) is 0 Å². The average Bonchev–Trinajstić information content (AvgIpc) is 2.63. The molecule has 1 amide bonds. The number of carbonyl (C=O) groups excluding carboxylic acids is 1. The van der Waals surface area contributed by atoms with E-state index in [4.69, 9.17) is 10.5 Å². The Labute approximate surface area is 110 Å². The monoisotopic (exact) mass is 254 g/mol. The van der Waals surface area contributed by atoms with Crippen LogP contribution in [0, 0.1) is 11.8 Å². The summed E-state index contributed by atoms with van der Waals surface area (Å²) in [5, 5.41) is 0. The molecule has 4 heteroatoms. The van der Waals surface area contributed by atoms with E-state index in [0.717, 1.165) is 13.1 Å². The summed E-state index contributed by atoms with van der Waals surface area (Å²) >= 11 is 0. The van der Waals surface area contributed by atoms with Crippen molar-refractivity contribution in [2.24, 2.45) is 17.6 Å². The van der Waals surface area contributed by atoms with Gasteiger partial charge in [0.25, 0.3) is 0 Å². The Hall–Kier alpha value is -0.770. The largest absolute Gasteiger partial charge is 0.444 e. The molecule has 2 N–H and O–H groups in total. The van der Waals surface area contributed by atoms with E-state index in [1.165, 1.54) is 25.7 Å². The standard InChI is InChI=1S/C14H26N2O2/c1-14(2,3)18-13(17)16-8-11(9-16)12(15)10-6-4-5-7-10/h10-12H,4-9,15H2,1-3H3/t12-/m0/s1. The summed E-state index contributed by atoms with van der Waals surface area (Å²) < 4.78 is 5.34. The second-order valence-corrected chi connectivity index (χ2v) is 6.77. The summed E-state index contributed by atoms with van der Waals surface area (Å²) in [6, 6.07) is 0.270. The molecule has 2 aliphatic rings. The number of rotatable bonds is 2. The van der Waals surface area contributed by atoms with Crippen molar-refractivity contribution in [2.45, 2.75) is 58.1 Å². The molecule has 18 heavy (non-hydrogen) atoms. The minimum absolute atomic E-state index is 0.197. The van der Waals surface area contributed by atoms with Crippen LogP contribution < -0.4 is 5.73 Å². The fraction of sp³-hybridized carbons (Fsp3) is 0.929. The van der Waals surface area contributed by atoms with Gasteiger partial charge in [0.15, 0.2) is 0 Å². The third-order valence-electron chi connectivity index (χ3n) is 4.05. The van der Waals surface area contributed by atoms with Crippen molar-refractivity contribution in [1.82, 2.24) is 4.90 Å². The molecule has 0 aromatic rings. The Morgan fingerprint density at radius 2 is 1.78 bits per heavy atom. The van der Waals surface area contributed by atoms with Gasteiger partial charge in [0.05, 0.1) is 0 Å². The molecule has 0 radical (unpaired) electrons. The highest BCUT2D eigenvalue weighted by Gasteiger charge is 2.39. The molecule has 0 aromatic carbocycles. The Balaban J connectivity index is 1.74. The zero-order valence-corrected chi connectivity index (χ0v) is 11.8. The minimum atomic E-state index is -0.407. The van der Waals surface area contributed by atoms with E-state index < -0.39 is 5.60 Å². The maximum absolute atomic E-state index is 11.8. The Morgan fingerprint density at radius 3 is 2.28 bits per heavy atom. The quantitative estimate of drug-likeness (QED) is 0.823. The fourth-order valence-electron chi connectivity index (χ4n) is 2.96. The second kappa shape index (κ2) is 5.08. The Morgan fingerprint density at radius 1 is 1.22 bits per heavy atom. The van der Waals surface area contributed by atoms with Crippen LogP contribution in [0.1, 0.15) is 46.5 Å². The molecular weight excluding hydrogens is 228 g/mol. The molecule has 1 aliphatic carbocycles. The van der Waals surface area contributed by atoms with Crippen LogP contribution in [0.2, 0.25) is 0 Å². The van der Waals surface area contributed by atoms with E-state index in [1.807, 2.05) is 20.8 Å². The molecule has 2 fully saturated rings. The van der Waals surface area contributed by atoms with Crippen molar-refractivity contribution in [3.63, 3.8) is 0 Å². The number of hydrogen-bond donors (Lipinski definition) is 1. The van der Waals surface area contributed by atoms with Gasteiger partial charge < -0.3 is 15.4 Å². The molecule has 0 unspecified atom stereocenters. The van der Waals surface area contributed by atoms with Crippen LogP contribution in [0.5, 0.6) is 0 Å². The lowest BCUT2D eigenvalue weighted by Crippen LogP contribution is -2.58. The van der Waals surface area contributed by atoms with E-state index in [-0.39, 0.29) is 12.1 Å². The number of carbonyl (C=O) groups is 1. The number of nitrogens with two attached hydrogens (primary N) is 1. The van der Waals surface area contributed by atoms with Crippen LogP contribution >= 0.6 is 0 Å². The molecule has 104 valence electrons. The van der Waals surface area contributed by atoms with E-state index >= 15 is 0 Å². The first-order chi connectivity index (χ1) is 8.37. The highest BCUT2D eigenvalue weighted by Crippen LogP contribution is 2.33. The van der Waals surface area contributed by atoms with E-state index in [9.17, 15) is 4.79 Å². The summed E-state index contributed by atoms with van der Waals surface area (Å²) in [6.45, 7) is 7.23. The van der Waals surface area contributed by atoms with Gasteiger partial charge in [-0.2, -0.15) is 0 Å². The molecule has 1 saturated heterocycles. The van der Waals surface area contributed by atoms with Crippen LogP contribution in [0.15, 0.2) is 0 Å². The van der Waals surface area contributed by atoms with Gasteiger partial charge in [0, 0.05) is 25.0 Å². The van der Waals surface area contributed by atoms with Crippen molar-refractivity contribution in [2.75, 3.05) is 13.1 Å². The number of hydrogen-bond acceptors (Lipinski definition) is 3. The minimum Gasteiger partial charge on any atom is -0.444 e. The van der Waals surface area contributed by atoms with Crippen molar-refractivity contribution in [1.29, 1.82) is 0 Å². The first-order valence-corrected chi connectivity index (χ1v) is 7.10. The van der Waals surface area contributed by atoms with Gasteiger partial charge in [-0.1, -0.05) is 12.8 Å². The van der Waals surface area contributed by atoms with Crippen molar-refractivity contribution < 1.29 is 9.53 Å². The van der Waals surface area contributed by atoms with Crippen LogP contribution in [-0.4, -0.2) is 35.7 Å². The maximum atomic E-state index is 11.8. The van der Waals surface area contributed by atoms with Gasteiger partial charge in [-0.15, -0.1) is 0 Å². The first kappa shape index (κ1) is 13.7. The second-order valence-electron chi connectivity index (χ2n) is 6.77. The predicted octanol–water partition coefficient (Wildman–Crippen LogP) is 2.37. The van der Waals surface area contributed by atoms with Gasteiger partial charge in [-0.25, -0.2) is 4.79 Å². The van der Waals surface area contributed by atoms with E-state index in [1.54, 1.807) is 4.90 Å². The van der Waals surface area contributed by atoms with Crippen LogP contribution in [0.4, 0.5) is 4.79 Å². The number of likely N-dealkylation sites (tertiary alicyclic amines) is 1. The first-order valence-electron chi connectivity index (χ1n) is 7.10. The summed E-state index contributed by atoms with van der Waals surface area (Å²) in [6.07, 6.45) is 4.98. The summed E-state index contributed by atoms with van der Waals surface area (Å²) in [5.74, 6) is 1.15. The fourth-order valence-corrected chi connectivity index (χ4v) is 2.96. The highest BCUT2D eigenvalue weighted by atomic mass is 16.6. The van der Waals surface area contributed by atoms with Gasteiger partial charge in [-0.05, 0) is 39.5 Å². The third kappa shape index (κ3) is 3.16. The summed E-state index contributed by atoms with van der Waals surface area (Å²) in [5.41, 5.74) is 5.89. The Bertz CT molecular complexity index is 299. The van der Waals surface area contributed by atoms with Crippen LogP contribution in [0.3, 0.4) is 0 Å².